The Hall–Kier alpha value is -2.40. The van der Waals surface area contributed by atoms with E-state index in [0.717, 1.165) is 6.07 Å². The molecule has 0 aliphatic heterocycles. The highest BCUT2D eigenvalue weighted by atomic mass is 19.1. The lowest BCUT2D eigenvalue weighted by Gasteiger charge is -1.93. The van der Waals surface area contributed by atoms with Gasteiger partial charge in [-0.2, -0.15) is 5.26 Å². The number of aromatic nitrogens is 1. The molecule has 80 valence electrons. The summed E-state index contributed by atoms with van der Waals surface area (Å²) >= 11 is 0. The molecule has 0 bridgehead atoms. The van der Waals surface area contributed by atoms with E-state index in [1.807, 2.05) is 0 Å². The molecule has 0 radical (unpaired) electrons. The SMILES string of the molecule is CC(=O)NCC#Cc1cnc(C#N)c(F)c1. The van der Waals surface area contributed by atoms with Crippen LogP contribution in [0.15, 0.2) is 12.3 Å². The van der Waals surface area contributed by atoms with E-state index in [4.69, 9.17) is 5.26 Å². The van der Waals surface area contributed by atoms with E-state index in [-0.39, 0.29) is 18.1 Å². The summed E-state index contributed by atoms with van der Waals surface area (Å²) in [6.45, 7) is 1.57. The molecule has 0 aromatic carbocycles. The molecule has 0 fully saturated rings. The lowest BCUT2D eigenvalue weighted by atomic mass is 10.2. The first-order chi connectivity index (χ1) is 7.63. The molecule has 16 heavy (non-hydrogen) atoms. The quantitative estimate of drug-likeness (QED) is 0.700. The van der Waals surface area contributed by atoms with Crippen LogP contribution in [0.5, 0.6) is 0 Å². The summed E-state index contributed by atoms with van der Waals surface area (Å²) in [5, 5.41) is 10.9. The first-order valence-corrected chi connectivity index (χ1v) is 4.42. The molecule has 1 aromatic rings. The van der Waals surface area contributed by atoms with Gasteiger partial charge in [-0.1, -0.05) is 11.8 Å². The van der Waals surface area contributed by atoms with Crippen LogP contribution in [-0.4, -0.2) is 17.4 Å². The normalized spacial score (nSPS) is 8.56. The van der Waals surface area contributed by atoms with Gasteiger partial charge in [0.15, 0.2) is 11.5 Å². The van der Waals surface area contributed by atoms with Crippen molar-refractivity contribution in [3.8, 4) is 17.9 Å². The average molecular weight is 217 g/mol. The minimum absolute atomic E-state index is 0.182. The van der Waals surface area contributed by atoms with Gasteiger partial charge in [0, 0.05) is 18.7 Å². The van der Waals surface area contributed by atoms with E-state index >= 15 is 0 Å². The highest BCUT2D eigenvalue weighted by Gasteiger charge is 2.01. The first-order valence-electron chi connectivity index (χ1n) is 4.42. The van der Waals surface area contributed by atoms with Crippen molar-refractivity contribution in [1.29, 1.82) is 5.26 Å². The Morgan fingerprint density at radius 2 is 2.44 bits per heavy atom. The molecule has 0 unspecified atom stereocenters. The molecule has 1 heterocycles. The number of halogens is 1. The zero-order chi connectivity index (χ0) is 12.0. The fourth-order valence-corrected chi connectivity index (χ4v) is 0.903. The van der Waals surface area contributed by atoms with Gasteiger partial charge in [-0.15, -0.1) is 0 Å². The van der Waals surface area contributed by atoms with Crippen LogP contribution in [0.2, 0.25) is 0 Å². The fraction of sp³-hybridized carbons (Fsp3) is 0.182. The minimum atomic E-state index is -0.700. The topological polar surface area (TPSA) is 65.8 Å². The van der Waals surface area contributed by atoms with Crippen LogP contribution in [0.3, 0.4) is 0 Å². The van der Waals surface area contributed by atoms with Crippen LogP contribution >= 0.6 is 0 Å². The number of pyridine rings is 1. The Morgan fingerprint density at radius 1 is 1.69 bits per heavy atom. The largest absolute Gasteiger partial charge is 0.345 e. The van der Waals surface area contributed by atoms with Gasteiger partial charge in [0.05, 0.1) is 6.54 Å². The third-order valence-electron chi connectivity index (χ3n) is 1.61. The molecular weight excluding hydrogens is 209 g/mol. The summed E-state index contributed by atoms with van der Waals surface area (Å²) in [7, 11) is 0. The van der Waals surface area contributed by atoms with Crippen molar-refractivity contribution >= 4 is 5.91 Å². The zero-order valence-electron chi connectivity index (χ0n) is 8.54. The number of hydrogen-bond acceptors (Lipinski definition) is 3. The van der Waals surface area contributed by atoms with Crippen LogP contribution in [0.1, 0.15) is 18.2 Å². The van der Waals surface area contributed by atoms with Gasteiger partial charge in [-0.3, -0.25) is 4.79 Å². The predicted molar refractivity (Wildman–Crippen MR) is 54.5 cm³/mol. The lowest BCUT2D eigenvalue weighted by Crippen LogP contribution is -2.19. The standard InChI is InChI=1S/C11H8FN3O/c1-8(16)14-4-2-3-9-5-10(12)11(6-13)15-7-9/h5,7H,4H2,1H3,(H,14,16). The summed E-state index contributed by atoms with van der Waals surface area (Å²) in [4.78, 5) is 14.1. The van der Waals surface area contributed by atoms with Crippen LogP contribution in [-0.2, 0) is 4.79 Å². The number of nitriles is 1. The molecule has 1 amide bonds. The number of carbonyl (C=O) groups excluding carboxylic acids is 1. The van der Waals surface area contributed by atoms with Crippen molar-refractivity contribution in [1.82, 2.24) is 10.3 Å². The molecule has 4 nitrogen and oxygen atoms in total. The van der Waals surface area contributed by atoms with Crippen molar-refractivity contribution in [3.63, 3.8) is 0 Å². The number of hydrogen-bond donors (Lipinski definition) is 1. The third-order valence-corrected chi connectivity index (χ3v) is 1.61. The maximum Gasteiger partial charge on any atom is 0.217 e. The summed E-state index contributed by atoms with van der Waals surface area (Å²) in [6.07, 6.45) is 1.31. The molecule has 1 N–H and O–H groups in total. The Labute approximate surface area is 92.1 Å². The molecule has 1 rings (SSSR count). The molecule has 0 atom stereocenters. The number of rotatable bonds is 1. The number of carbonyl (C=O) groups is 1. The second-order valence-electron chi connectivity index (χ2n) is 2.88. The van der Waals surface area contributed by atoms with Crippen molar-refractivity contribution in [2.75, 3.05) is 6.54 Å². The molecule has 0 spiro atoms. The van der Waals surface area contributed by atoms with Crippen LogP contribution in [0, 0.1) is 29.0 Å². The average Bonchev–Trinajstić information content (AvgIpc) is 2.24. The van der Waals surface area contributed by atoms with Crippen molar-refractivity contribution in [2.45, 2.75) is 6.92 Å². The molecule has 0 aliphatic carbocycles. The maximum atomic E-state index is 13.1. The lowest BCUT2D eigenvalue weighted by molar-refractivity contribution is -0.118. The van der Waals surface area contributed by atoms with Crippen LogP contribution in [0.4, 0.5) is 4.39 Å². The van der Waals surface area contributed by atoms with Gasteiger partial charge in [-0.05, 0) is 6.07 Å². The molecule has 5 heteroatoms. The van der Waals surface area contributed by atoms with Gasteiger partial charge in [-0.25, -0.2) is 9.37 Å². The fourth-order valence-electron chi connectivity index (χ4n) is 0.903. The second kappa shape index (κ2) is 5.47. The molecule has 1 aromatic heterocycles. The monoisotopic (exact) mass is 217 g/mol. The molecular formula is C11H8FN3O. The molecule has 0 aliphatic rings. The van der Waals surface area contributed by atoms with Gasteiger partial charge >= 0.3 is 0 Å². The van der Waals surface area contributed by atoms with E-state index in [2.05, 4.69) is 22.1 Å². The second-order valence-corrected chi connectivity index (χ2v) is 2.88. The molecule has 0 saturated carbocycles. The first kappa shape index (κ1) is 11.7. The van der Waals surface area contributed by atoms with E-state index in [1.54, 1.807) is 6.07 Å². The summed E-state index contributed by atoms with van der Waals surface area (Å²) in [5.74, 6) is 4.36. The maximum absolute atomic E-state index is 13.1. The minimum Gasteiger partial charge on any atom is -0.345 e. The summed E-state index contributed by atoms with van der Waals surface area (Å²) in [6, 6.07) is 2.74. The Kier molecular flexibility index (Phi) is 3.99. The molecule has 0 saturated heterocycles. The van der Waals surface area contributed by atoms with Crippen molar-refractivity contribution < 1.29 is 9.18 Å². The Balaban J connectivity index is 2.72. The van der Waals surface area contributed by atoms with Gasteiger partial charge in [0.1, 0.15) is 6.07 Å². The smallest absolute Gasteiger partial charge is 0.217 e. The number of nitrogens with zero attached hydrogens (tertiary/aromatic N) is 2. The highest BCUT2D eigenvalue weighted by molar-refractivity contribution is 5.73. The predicted octanol–water partition coefficient (Wildman–Crippen LogP) is 0.580. The third kappa shape index (κ3) is 3.39. The van der Waals surface area contributed by atoms with E-state index in [9.17, 15) is 9.18 Å². The van der Waals surface area contributed by atoms with Crippen LogP contribution < -0.4 is 5.32 Å². The van der Waals surface area contributed by atoms with E-state index < -0.39 is 5.82 Å². The number of amides is 1. The van der Waals surface area contributed by atoms with Gasteiger partial charge < -0.3 is 5.32 Å². The number of nitrogens with one attached hydrogen (secondary N) is 1. The summed E-state index contributed by atoms with van der Waals surface area (Å²) in [5.41, 5.74) is 0.106. The Bertz CT molecular complexity index is 508. The van der Waals surface area contributed by atoms with E-state index in [1.165, 1.54) is 13.1 Å². The van der Waals surface area contributed by atoms with Crippen molar-refractivity contribution in [2.24, 2.45) is 0 Å². The van der Waals surface area contributed by atoms with Crippen molar-refractivity contribution in [3.05, 3.63) is 29.3 Å². The Morgan fingerprint density at radius 3 is 3.00 bits per heavy atom. The van der Waals surface area contributed by atoms with Gasteiger partial charge in [0.2, 0.25) is 5.91 Å². The summed E-state index contributed by atoms with van der Waals surface area (Å²) < 4.78 is 13.1. The van der Waals surface area contributed by atoms with Crippen LogP contribution in [0.25, 0.3) is 0 Å². The van der Waals surface area contributed by atoms with Gasteiger partial charge in [0.25, 0.3) is 0 Å². The zero-order valence-corrected chi connectivity index (χ0v) is 8.54. The van der Waals surface area contributed by atoms with E-state index in [0.29, 0.717) is 5.56 Å². The highest BCUT2D eigenvalue weighted by Crippen LogP contribution is 2.04.